The molecular formula is C30H26N2O4. The van der Waals surface area contributed by atoms with Gasteiger partial charge in [0.15, 0.2) is 0 Å². The summed E-state index contributed by atoms with van der Waals surface area (Å²) in [6, 6.07) is 10.9. The van der Waals surface area contributed by atoms with E-state index in [2.05, 4.69) is 10.6 Å². The largest absolute Gasteiger partial charge is 0.288 e. The van der Waals surface area contributed by atoms with Gasteiger partial charge in [-0.05, 0) is 81.6 Å². The SMILES string of the molecule is CC.CC.Cc1cc2c3c(ccc4c5c(C)cc6c7c(ccc(c1c34)c75)C(=O)NC6=O)C(=O)NC2=O. The first kappa shape index (κ1) is 23.4. The molecule has 0 saturated carbocycles. The Kier molecular flexibility index (Phi) is 5.29. The minimum atomic E-state index is -0.404. The fourth-order valence-electron chi connectivity index (χ4n) is 5.72. The Labute approximate surface area is 208 Å². The van der Waals surface area contributed by atoms with Gasteiger partial charge in [-0.3, -0.25) is 29.8 Å². The number of imide groups is 2. The number of carbonyl (C=O) groups excluding carboxylic acids is 4. The summed E-state index contributed by atoms with van der Waals surface area (Å²) in [5.74, 6) is -1.61. The molecular weight excluding hydrogens is 452 g/mol. The molecule has 0 aromatic heterocycles. The highest BCUT2D eigenvalue weighted by Gasteiger charge is 2.32. The summed E-state index contributed by atoms with van der Waals surface area (Å²) in [5, 5.41) is 11.6. The van der Waals surface area contributed by atoms with Gasteiger partial charge in [0.1, 0.15) is 0 Å². The van der Waals surface area contributed by atoms with Crippen LogP contribution >= 0.6 is 0 Å². The Morgan fingerprint density at radius 1 is 0.444 bits per heavy atom. The third kappa shape index (κ3) is 2.78. The summed E-state index contributed by atoms with van der Waals surface area (Å²) in [5.41, 5.74) is 3.71. The van der Waals surface area contributed by atoms with Crippen molar-refractivity contribution >= 4 is 66.7 Å². The molecule has 0 spiro atoms. The van der Waals surface area contributed by atoms with E-state index in [-0.39, 0.29) is 0 Å². The number of carbonyl (C=O) groups is 4. The monoisotopic (exact) mass is 478 g/mol. The standard InChI is InChI=1S/C26H14N2O4.2C2H6/c1-9-7-15-19-13(23(29)27-25(15)31)6-4-12-18-10(2)8-16-20-14(24(30)28-26(16)32)5-3-11(22(18)20)17(9)21(12)19;2*1-2/h3-8H,1-2H3,(H,27,29,31)(H,28,30,32);2*1-2H3. The lowest BCUT2D eigenvalue weighted by Crippen LogP contribution is -2.35. The predicted octanol–water partition coefficient (Wildman–Crippen LogP) is 6.17. The van der Waals surface area contributed by atoms with E-state index in [4.69, 9.17) is 0 Å². The quantitative estimate of drug-likeness (QED) is 0.158. The molecule has 5 aromatic rings. The number of rotatable bonds is 0. The van der Waals surface area contributed by atoms with Crippen LogP contribution in [0.3, 0.4) is 0 Å². The zero-order chi connectivity index (χ0) is 26.0. The molecule has 2 heterocycles. The average Bonchev–Trinajstić information content (AvgIpc) is 2.88. The summed E-state index contributed by atoms with van der Waals surface area (Å²) < 4.78 is 0. The van der Waals surface area contributed by atoms with Gasteiger partial charge in [0, 0.05) is 33.0 Å². The second-order valence-electron chi connectivity index (χ2n) is 8.62. The first-order valence-corrected chi connectivity index (χ1v) is 12.3. The van der Waals surface area contributed by atoms with Crippen LogP contribution in [0.15, 0.2) is 36.4 Å². The molecule has 0 bridgehead atoms. The van der Waals surface area contributed by atoms with E-state index < -0.39 is 23.6 Å². The van der Waals surface area contributed by atoms with Crippen molar-refractivity contribution in [2.24, 2.45) is 0 Å². The van der Waals surface area contributed by atoms with Crippen molar-refractivity contribution in [3.63, 3.8) is 0 Å². The maximum atomic E-state index is 12.7. The Morgan fingerprint density at radius 2 is 0.778 bits per heavy atom. The average molecular weight is 479 g/mol. The Hall–Kier alpha value is -4.32. The summed E-state index contributed by atoms with van der Waals surface area (Å²) in [7, 11) is 0. The van der Waals surface area contributed by atoms with Crippen LogP contribution in [0.5, 0.6) is 0 Å². The van der Waals surface area contributed by atoms with Crippen molar-refractivity contribution < 1.29 is 19.2 Å². The van der Waals surface area contributed by atoms with Crippen molar-refractivity contribution in [3.05, 3.63) is 69.8 Å². The van der Waals surface area contributed by atoms with Gasteiger partial charge in [0.05, 0.1) is 0 Å². The third-order valence-electron chi connectivity index (χ3n) is 6.93. The van der Waals surface area contributed by atoms with Gasteiger partial charge in [-0.25, -0.2) is 0 Å². The highest BCUT2D eigenvalue weighted by molar-refractivity contribution is 6.42. The summed E-state index contributed by atoms with van der Waals surface area (Å²) >= 11 is 0. The molecule has 4 amide bonds. The molecule has 0 saturated heterocycles. The van der Waals surface area contributed by atoms with E-state index in [1.807, 2.05) is 65.8 Å². The lowest BCUT2D eigenvalue weighted by Gasteiger charge is -2.25. The number of hydrogen-bond acceptors (Lipinski definition) is 4. The third-order valence-corrected chi connectivity index (χ3v) is 6.93. The minimum absolute atomic E-state index is 0.399. The number of aryl methyl sites for hydroxylation is 2. The Morgan fingerprint density at radius 3 is 1.14 bits per heavy atom. The molecule has 0 fully saturated rings. The topological polar surface area (TPSA) is 92.3 Å². The van der Waals surface area contributed by atoms with Crippen LogP contribution in [0.1, 0.15) is 80.3 Å². The lowest BCUT2D eigenvalue weighted by molar-refractivity contribution is 0.0828. The smallest absolute Gasteiger partial charge is 0.258 e. The number of hydrogen-bond donors (Lipinski definition) is 2. The highest BCUT2D eigenvalue weighted by atomic mass is 16.2. The molecule has 0 radical (unpaired) electrons. The molecule has 2 N–H and O–H groups in total. The Balaban J connectivity index is 0.000000637. The molecule has 2 aliphatic rings. The van der Waals surface area contributed by atoms with Crippen molar-refractivity contribution in [2.75, 3.05) is 0 Å². The maximum absolute atomic E-state index is 12.7. The van der Waals surface area contributed by atoms with Gasteiger partial charge in [-0.2, -0.15) is 0 Å². The number of fused-ring (bicyclic) bond motifs is 2. The van der Waals surface area contributed by atoms with Crippen molar-refractivity contribution in [1.29, 1.82) is 0 Å². The molecule has 0 aliphatic carbocycles. The molecule has 2 aliphatic heterocycles. The van der Waals surface area contributed by atoms with Crippen LogP contribution in [0.2, 0.25) is 0 Å². The van der Waals surface area contributed by atoms with Crippen LogP contribution in [0, 0.1) is 13.8 Å². The van der Waals surface area contributed by atoms with Gasteiger partial charge in [-0.15, -0.1) is 0 Å². The van der Waals surface area contributed by atoms with Gasteiger partial charge >= 0.3 is 0 Å². The van der Waals surface area contributed by atoms with E-state index in [1.165, 1.54) is 0 Å². The van der Waals surface area contributed by atoms with Gasteiger partial charge in [0.25, 0.3) is 23.6 Å². The van der Waals surface area contributed by atoms with E-state index in [0.717, 1.165) is 43.4 Å². The Bertz CT molecular complexity index is 1680. The molecule has 6 heteroatoms. The lowest BCUT2D eigenvalue weighted by atomic mass is 9.80. The van der Waals surface area contributed by atoms with E-state index in [1.54, 1.807) is 12.1 Å². The van der Waals surface area contributed by atoms with Crippen LogP contribution in [0.4, 0.5) is 0 Å². The van der Waals surface area contributed by atoms with Gasteiger partial charge < -0.3 is 0 Å². The van der Waals surface area contributed by atoms with Crippen molar-refractivity contribution in [1.82, 2.24) is 10.6 Å². The van der Waals surface area contributed by atoms with Crippen LogP contribution in [-0.2, 0) is 0 Å². The van der Waals surface area contributed by atoms with Gasteiger partial charge in [0.2, 0.25) is 0 Å². The van der Waals surface area contributed by atoms with Crippen molar-refractivity contribution in [2.45, 2.75) is 41.5 Å². The zero-order valence-corrected chi connectivity index (χ0v) is 21.1. The highest BCUT2D eigenvalue weighted by Crippen LogP contribution is 2.47. The first-order chi connectivity index (χ1) is 17.4. The van der Waals surface area contributed by atoms with Crippen LogP contribution in [0.25, 0.3) is 43.1 Å². The maximum Gasteiger partial charge on any atom is 0.258 e. The summed E-state index contributed by atoms with van der Waals surface area (Å²) in [6.07, 6.45) is 0. The second-order valence-corrected chi connectivity index (χ2v) is 8.62. The zero-order valence-electron chi connectivity index (χ0n) is 21.1. The fourth-order valence-corrected chi connectivity index (χ4v) is 5.72. The molecule has 180 valence electrons. The normalized spacial score (nSPS) is 13.9. The van der Waals surface area contributed by atoms with E-state index in [0.29, 0.717) is 33.0 Å². The van der Waals surface area contributed by atoms with Crippen LogP contribution in [-0.4, -0.2) is 23.6 Å². The molecule has 6 nitrogen and oxygen atoms in total. The molecule has 0 atom stereocenters. The van der Waals surface area contributed by atoms with Crippen molar-refractivity contribution in [3.8, 4) is 0 Å². The molecule has 0 unspecified atom stereocenters. The molecule has 7 rings (SSSR count). The summed E-state index contributed by atoms with van der Waals surface area (Å²) in [6.45, 7) is 11.9. The van der Waals surface area contributed by atoms with E-state index in [9.17, 15) is 19.2 Å². The number of nitrogens with one attached hydrogen (secondary N) is 2. The predicted molar refractivity (Wildman–Crippen MR) is 143 cm³/mol. The van der Waals surface area contributed by atoms with Gasteiger partial charge in [-0.1, -0.05) is 39.8 Å². The summed E-state index contributed by atoms with van der Waals surface area (Å²) in [4.78, 5) is 50.5. The minimum Gasteiger partial charge on any atom is -0.288 e. The number of amides is 4. The van der Waals surface area contributed by atoms with Crippen LogP contribution < -0.4 is 10.6 Å². The molecule has 36 heavy (non-hydrogen) atoms. The molecule has 5 aromatic carbocycles. The fraction of sp³-hybridized carbons (Fsp3) is 0.200. The number of benzene rings is 5. The van der Waals surface area contributed by atoms with E-state index >= 15 is 0 Å². The first-order valence-electron chi connectivity index (χ1n) is 12.3. The second kappa shape index (κ2) is 8.12.